The van der Waals surface area contributed by atoms with Crippen LogP contribution in [0.1, 0.15) is 36.0 Å². The molecule has 0 spiro atoms. The summed E-state index contributed by atoms with van der Waals surface area (Å²) in [5, 5.41) is 2.76. The van der Waals surface area contributed by atoms with Crippen molar-refractivity contribution in [3.63, 3.8) is 0 Å². The molecule has 1 heterocycles. The lowest BCUT2D eigenvalue weighted by atomic mass is 10.2. The van der Waals surface area contributed by atoms with Crippen LogP contribution in [-0.2, 0) is 10.0 Å². The number of aliphatic imine (C=N–C) groups is 1. The molecule has 0 unspecified atom stereocenters. The second kappa shape index (κ2) is 8.83. The van der Waals surface area contributed by atoms with Crippen molar-refractivity contribution in [3.05, 3.63) is 57.7 Å². The van der Waals surface area contributed by atoms with Crippen LogP contribution in [0.25, 0.3) is 0 Å². The van der Waals surface area contributed by atoms with E-state index in [1.807, 2.05) is 12.1 Å². The molecule has 0 aliphatic carbocycles. The highest BCUT2D eigenvalue weighted by atomic mass is 127. The van der Waals surface area contributed by atoms with Crippen LogP contribution in [0.2, 0.25) is 0 Å². The molecule has 3 rings (SSSR count). The van der Waals surface area contributed by atoms with E-state index in [0.717, 1.165) is 22.8 Å². The first kappa shape index (κ1) is 19.8. The third-order valence-corrected chi connectivity index (χ3v) is 6.47. The fraction of sp³-hybridized carbons (Fsp3) is 0.263. The number of sulfonamides is 1. The lowest BCUT2D eigenvalue weighted by Gasteiger charge is -2.11. The molecule has 0 aromatic heterocycles. The minimum atomic E-state index is -3.74. The van der Waals surface area contributed by atoms with Gasteiger partial charge >= 0.3 is 0 Å². The highest BCUT2D eigenvalue weighted by Crippen LogP contribution is 2.19. The monoisotopic (exact) mass is 497 g/mol. The summed E-state index contributed by atoms with van der Waals surface area (Å²) in [5.74, 6) is 0.219. The van der Waals surface area contributed by atoms with Crippen LogP contribution in [-0.4, -0.2) is 26.7 Å². The van der Waals surface area contributed by atoms with E-state index in [9.17, 15) is 13.2 Å². The number of carbonyl (C=O) groups excluding carboxylic acids is 1. The number of benzene rings is 2. The third-order valence-electron chi connectivity index (χ3n) is 4.15. The van der Waals surface area contributed by atoms with Gasteiger partial charge in [-0.25, -0.2) is 8.42 Å². The van der Waals surface area contributed by atoms with Gasteiger partial charge < -0.3 is 5.32 Å². The van der Waals surface area contributed by atoms with Crippen LogP contribution in [0.3, 0.4) is 0 Å². The van der Waals surface area contributed by atoms with Gasteiger partial charge in [0.1, 0.15) is 5.84 Å². The van der Waals surface area contributed by atoms with Crippen molar-refractivity contribution >= 4 is 50.0 Å². The largest absolute Gasteiger partial charge is 0.322 e. The topological polar surface area (TPSA) is 87.6 Å². The van der Waals surface area contributed by atoms with E-state index in [2.05, 4.69) is 37.6 Å². The van der Waals surface area contributed by atoms with E-state index in [-0.39, 0.29) is 10.8 Å². The zero-order chi connectivity index (χ0) is 19.3. The number of anilines is 1. The van der Waals surface area contributed by atoms with Gasteiger partial charge in [0.15, 0.2) is 0 Å². The zero-order valence-electron chi connectivity index (χ0n) is 14.6. The number of amides is 1. The average Bonchev–Trinajstić information content (AvgIpc) is 2.90. The Labute approximate surface area is 172 Å². The summed E-state index contributed by atoms with van der Waals surface area (Å²) in [6.07, 6.45) is 3.58. The van der Waals surface area contributed by atoms with Crippen LogP contribution in [0.5, 0.6) is 0 Å². The smallest absolute Gasteiger partial charge is 0.262 e. The Balaban J connectivity index is 1.77. The van der Waals surface area contributed by atoms with Gasteiger partial charge in [0.25, 0.3) is 15.9 Å². The summed E-state index contributed by atoms with van der Waals surface area (Å²) in [5.41, 5.74) is 0.961. The Morgan fingerprint density at radius 3 is 2.67 bits per heavy atom. The van der Waals surface area contributed by atoms with Crippen molar-refractivity contribution in [1.82, 2.24) is 4.72 Å². The van der Waals surface area contributed by atoms with Crippen LogP contribution in [0.4, 0.5) is 5.69 Å². The number of nitrogens with zero attached hydrogens (tertiary/aromatic N) is 1. The molecule has 2 aromatic rings. The number of hydrogen-bond donors (Lipinski definition) is 2. The van der Waals surface area contributed by atoms with Gasteiger partial charge in [0.2, 0.25) is 0 Å². The Bertz CT molecular complexity index is 974. The predicted octanol–water partition coefficient (Wildman–Crippen LogP) is 3.79. The molecule has 1 aliphatic rings. The summed E-state index contributed by atoms with van der Waals surface area (Å²) in [4.78, 5) is 16.9. The number of halogens is 1. The van der Waals surface area contributed by atoms with Gasteiger partial charge in [-0.3, -0.25) is 14.5 Å². The van der Waals surface area contributed by atoms with Gasteiger partial charge in [-0.2, -0.15) is 0 Å². The Kier molecular flexibility index (Phi) is 6.48. The SMILES string of the molecule is O=C(Nc1cccc(S(=O)(=O)NC2=NCCCCC2)c1)c1ccccc1I. The van der Waals surface area contributed by atoms with Crippen molar-refractivity contribution in [1.29, 1.82) is 0 Å². The summed E-state index contributed by atoms with van der Waals surface area (Å²) in [6.45, 7) is 0.643. The Hall–Kier alpha value is -1.94. The van der Waals surface area contributed by atoms with E-state index < -0.39 is 10.0 Å². The van der Waals surface area contributed by atoms with Gasteiger partial charge in [-0.05, 0) is 65.8 Å². The molecule has 0 atom stereocenters. The number of carbonyl (C=O) groups is 1. The molecule has 2 aromatic carbocycles. The molecule has 1 aliphatic heterocycles. The average molecular weight is 497 g/mol. The van der Waals surface area contributed by atoms with Crippen molar-refractivity contribution in [2.75, 3.05) is 11.9 Å². The van der Waals surface area contributed by atoms with Crippen molar-refractivity contribution in [2.24, 2.45) is 4.99 Å². The third kappa shape index (κ3) is 5.29. The summed E-state index contributed by atoms with van der Waals surface area (Å²) >= 11 is 2.09. The predicted molar refractivity (Wildman–Crippen MR) is 115 cm³/mol. The lowest BCUT2D eigenvalue weighted by molar-refractivity contribution is 0.102. The maximum atomic E-state index is 12.7. The molecule has 0 radical (unpaired) electrons. The number of amidine groups is 1. The molecule has 0 saturated carbocycles. The molecular formula is C19H20IN3O3S. The summed E-state index contributed by atoms with van der Waals surface area (Å²) in [6, 6.07) is 13.4. The second-order valence-electron chi connectivity index (χ2n) is 6.21. The lowest BCUT2D eigenvalue weighted by Crippen LogP contribution is -2.30. The second-order valence-corrected chi connectivity index (χ2v) is 9.05. The van der Waals surface area contributed by atoms with E-state index in [1.165, 1.54) is 12.1 Å². The molecule has 142 valence electrons. The fourth-order valence-electron chi connectivity index (χ4n) is 2.76. The minimum Gasteiger partial charge on any atom is -0.322 e. The molecule has 0 fully saturated rings. The van der Waals surface area contributed by atoms with E-state index in [1.54, 1.807) is 24.3 Å². The van der Waals surface area contributed by atoms with Crippen LogP contribution in [0.15, 0.2) is 58.4 Å². The maximum absolute atomic E-state index is 12.7. The highest BCUT2D eigenvalue weighted by molar-refractivity contribution is 14.1. The van der Waals surface area contributed by atoms with Crippen LogP contribution < -0.4 is 10.0 Å². The van der Waals surface area contributed by atoms with E-state index >= 15 is 0 Å². The molecule has 8 heteroatoms. The number of hydrogen-bond acceptors (Lipinski definition) is 4. The summed E-state index contributed by atoms with van der Waals surface area (Å²) in [7, 11) is -3.74. The van der Waals surface area contributed by atoms with Crippen molar-refractivity contribution < 1.29 is 13.2 Å². The van der Waals surface area contributed by atoms with E-state index in [4.69, 9.17) is 0 Å². The fourth-order valence-corrected chi connectivity index (χ4v) is 4.52. The number of nitrogens with one attached hydrogen (secondary N) is 2. The normalized spacial score (nSPS) is 14.8. The molecule has 0 bridgehead atoms. The molecule has 2 N–H and O–H groups in total. The van der Waals surface area contributed by atoms with Gasteiger partial charge in [-0.15, -0.1) is 0 Å². The molecule has 0 saturated heterocycles. The van der Waals surface area contributed by atoms with Crippen molar-refractivity contribution in [2.45, 2.75) is 30.6 Å². The van der Waals surface area contributed by atoms with Gasteiger partial charge in [0, 0.05) is 22.2 Å². The van der Waals surface area contributed by atoms with Crippen LogP contribution >= 0.6 is 22.6 Å². The first-order chi connectivity index (χ1) is 13.0. The minimum absolute atomic E-state index is 0.0926. The first-order valence-corrected chi connectivity index (χ1v) is 11.2. The maximum Gasteiger partial charge on any atom is 0.262 e. The van der Waals surface area contributed by atoms with Crippen LogP contribution in [0, 0.1) is 3.57 Å². The molecule has 6 nitrogen and oxygen atoms in total. The number of rotatable bonds is 4. The summed E-state index contributed by atoms with van der Waals surface area (Å²) < 4.78 is 28.7. The first-order valence-electron chi connectivity index (χ1n) is 8.68. The zero-order valence-corrected chi connectivity index (χ0v) is 17.6. The highest BCUT2D eigenvalue weighted by Gasteiger charge is 2.18. The molecular weight excluding hydrogens is 477 g/mol. The van der Waals surface area contributed by atoms with Gasteiger partial charge in [0.05, 0.1) is 10.5 Å². The molecule has 1 amide bonds. The quantitative estimate of drug-likeness (QED) is 0.631. The molecule has 27 heavy (non-hydrogen) atoms. The van der Waals surface area contributed by atoms with E-state index in [0.29, 0.717) is 30.1 Å². The standard InChI is InChI=1S/C19H20IN3O3S/c20-17-10-4-3-9-16(17)19(24)22-14-7-6-8-15(13-14)27(25,26)23-18-11-2-1-5-12-21-18/h3-4,6-10,13H,1-2,5,11-12H2,(H,21,23)(H,22,24). The van der Waals surface area contributed by atoms with Crippen molar-refractivity contribution in [3.8, 4) is 0 Å². The van der Waals surface area contributed by atoms with Gasteiger partial charge in [-0.1, -0.05) is 24.6 Å². The Morgan fingerprint density at radius 2 is 1.85 bits per heavy atom. The Morgan fingerprint density at radius 1 is 1.04 bits per heavy atom.